The van der Waals surface area contributed by atoms with Crippen molar-refractivity contribution in [3.05, 3.63) is 18.1 Å². The van der Waals surface area contributed by atoms with Crippen LogP contribution < -0.4 is 5.32 Å². The van der Waals surface area contributed by atoms with Gasteiger partial charge in [0.1, 0.15) is 5.82 Å². The zero-order valence-corrected chi connectivity index (χ0v) is 11.7. The molecule has 1 aromatic heterocycles. The number of aromatic carboxylic acids is 1. The lowest BCUT2D eigenvalue weighted by Crippen LogP contribution is -2.40. The van der Waals surface area contributed by atoms with Gasteiger partial charge in [-0.2, -0.15) is 0 Å². The Balaban J connectivity index is 1.87. The number of hydrogen-bond acceptors (Lipinski definition) is 5. The highest BCUT2D eigenvalue weighted by Crippen LogP contribution is 2.33. The zero-order chi connectivity index (χ0) is 14.6. The van der Waals surface area contributed by atoms with E-state index in [1.54, 1.807) is 0 Å². The number of rotatable bonds is 5. The second kappa shape index (κ2) is 6.17. The summed E-state index contributed by atoms with van der Waals surface area (Å²) in [6.45, 7) is 2.61. The van der Waals surface area contributed by atoms with Gasteiger partial charge < -0.3 is 15.5 Å². The molecule has 0 unspecified atom stereocenters. The number of aromatic nitrogens is 2. The smallest absolute Gasteiger partial charge is 0.356 e. The fraction of sp³-hybridized carbons (Fsp3) is 0.643. The van der Waals surface area contributed by atoms with E-state index in [9.17, 15) is 9.90 Å². The van der Waals surface area contributed by atoms with Crippen molar-refractivity contribution in [3.63, 3.8) is 0 Å². The number of carboxylic acids is 1. The van der Waals surface area contributed by atoms with Crippen molar-refractivity contribution in [1.29, 1.82) is 0 Å². The van der Waals surface area contributed by atoms with E-state index in [0.717, 1.165) is 31.6 Å². The molecule has 6 nitrogen and oxygen atoms in total. The predicted octanol–water partition coefficient (Wildman–Crippen LogP) is 1.92. The molecule has 2 rings (SSSR count). The van der Waals surface area contributed by atoms with Crippen LogP contribution in [0.15, 0.2) is 12.4 Å². The van der Waals surface area contributed by atoms with Crippen LogP contribution in [0.25, 0.3) is 0 Å². The van der Waals surface area contributed by atoms with Gasteiger partial charge in [0.25, 0.3) is 0 Å². The normalized spacial score (nSPS) is 26.2. The maximum Gasteiger partial charge on any atom is 0.356 e. The van der Waals surface area contributed by atoms with Crippen LogP contribution in [0, 0.1) is 5.92 Å². The summed E-state index contributed by atoms with van der Waals surface area (Å²) in [5.41, 5.74) is -0.781. The Hall–Kier alpha value is -1.69. The summed E-state index contributed by atoms with van der Waals surface area (Å²) < 4.78 is 0. The maximum absolute atomic E-state index is 10.7. The predicted molar refractivity (Wildman–Crippen MR) is 74.7 cm³/mol. The Bertz CT molecular complexity index is 453. The summed E-state index contributed by atoms with van der Waals surface area (Å²) in [6, 6.07) is 0. The van der Waals surface area contributed by atoms with Gasteiger partial charge in [-0.1, -0.05) is 13.3 Å². The highest BCUT2D eigenvalue weighted by atomic mass is 16.4. The lowest BCUT2D eigenvalue weighted by molar-refractivity contribution is 0.00221. The highest BCUT2D eigenvalue weighted by molar-refractivity contribution is 5.84. The minimum Gasteiger partial charge on any atom is -0.476 e. The van der Waals surface area contributed by atoms with E-state index in [2.05, 4.69) is 22.2 Å². The molecule has 0 radical (unpaired) electrons. The molecule has 0 spiro atoms. The van der Waals surface area contributed by atoms with Gasteiger partial charge in [-0.25, -0.2) is 14.8 Å². The van der Waals surface area contributed by atoms with Crippen LogP contribution in [-0.4, -0.2) is 38.3 Å². The summed E-state index contributed by atoms with van der Waals surface area (Å²) in [7, 11) is 0. The van der Waals surface area contributed by atoms with E-state index >= 15 is 0 Å². The molecule has 1 aromatic rings. The third-order valence-electron chi connectivity index (χ3n) is 4.08. The first-order chi connectivity index (χ1) is 9.52. The van der Waals surface area contributed by atoms with Gasteiger partial charge in [-0.15, -0.1) is 0 Å². The van der Waals surface area contributed by atoms with E-state index in [1.165, 1.54) is 18.8 Å². The van der Waals surface area contributed by atoms with Gasteiger partial charge in [0.2, 0.25) is 0 Å². The average Bonchev–Trinajstić information content (AvgIpc) is 2.46. The van der Waals surface area contributed by atoms with Crippen molar-refractivity contribution >= 4 is 11.8 Å². The largest absolute Gasteiger partial charge is 0.476 e. The Morgan fingerprint density at radius 1 is 1.40 bits per heavy atom. The molecule has 20 heavy (non-hydrogen) atoms. The van der Waals surface area contributed by atoms with Gasteiger partial charge in [-0.3, -0.25) is 0 Å². The third-order valence-corrected chi connectivity index (χ3v) is 4.08. The minimum atomic E-state index is -1.10. The summed E-state index contributed by atoms with van der Waals surface area (Å²) in [4.78, 5) is 18.4. The molecule has 110 valence electrons. The van der Waals surface area contributed by atoms with Crippen molar-refractivity contribution in [1.82, 2.24) is 9.97 Å². The zero-order valence-electron chi connectivity index (χ0n) is 11.7. The number of hydrogen-bond donors (Lipinski definition) is 3. The van der Waals surface area contributed by atoms with E-state index < -0.39 is 11.6 Å². The van der Waals surface area contributed by atoms with Gasteiger partial charge >= 0.3 is 5.97 Å². The maximum atomic E-state index is 10.7. The summed E-state index contributed by atoms with van der Waals surface area (Å²) in [5.74, 6) is 0.117. The van der Waals surface area contributed by atoms with Crippen LogP contribution in [0.1, 0.15) is 49.5 Å². The summed E-state index contributed by atoms with van der Waals surface area (Å²) in [6.07, 6.45) is 7.45. The molecule has 0 saturated heterocycles. The second-order valence-electron chi connectivity index (χ2n) is 5.52. The van der Waals surface area contributed by atoms with Gasteiger partial charge in [0, 0.05) is 6.54 Å². The van der Waals surface area contributed by atoms with Crippen LogP contribution in [0.2, 0.25) is 0 Å². The quantitative estimate of drug-likeness (QED) is 0.762. The molecule has 1 heterocycles. The number of anilines is 1. The molecule has 3 N–H and O–H groups in total. The Labute approximate surface area is 118 Å². The van der Waals surface area contributed by atoms with Crippen LogP contribution in [0.4, 0.5) is 5.82 Å². The van der Waals surface area contributed by atoms with Crippen molar-refractivity contribution < 1.29 is 15.0 Å². The van der Waals surface area contributed by atoms with Crippen LogP contribution in [0.5, 0.6) is 0 Å². The molecule has 0 atom stereocenters. The number of nitrogens with one attached hydrogen (secondary N) is 1. The highest BCUT2D eigenvalue weighted by Gasteiger charge is 2.32. The standard InChI is InChI=1S/C14H21N3O3/c1-2-10-3-5-14(20,6-4-10)9-17-12-8-15-11(7-16-12)13(18)19/h7-8,10,20H,2-6,9H2,1H3,(H,16,17)(H,18,19). The monoisotopic (exact) mass is 279 g/mol. The molecule has 0 amide bonds. The Morgan fingerprint density at radius 2 is 2.10 bits per heavy atom. The van der Waals surface area contributed by atoms with Gasteiger partial charge in [-0.05, 0) is 31.6 Å². The Kier molecular flexibility index (Phi) is 4.54. The van der Waals surface area contributed by atoms with Gasteiger partial charge in [0.05, 0.1) is 18.0 Å². The number of carboxylic acid groups (broad SMARTS) is 1. The topological polar surface area (TPSA) is 95.3 Å². The lowest BCUT2D eigenvalue weighted by atomic mass is 9.78. The number of nitrogens with zero attached hydrogens (tertiary/aromatic N) is 2. The molecule has 1 fully saturated rings. The summed E-state index contributed by atoms with van der Waals surface area (Å²) in [5, 5.41) is 22.3. The fourth-order valence-electron chi connectivity index (χ4n) is 2.58. The molecular formula is C14H21N3O3. The van der Waals surface area contributed by atoms with E-state index in [-0.39, 0.29) is 5.69 Å². The number of aliphatic hydroxyl groups is 1. The molecule has 1 aliphatic rings. The minimum absolute atomic E-state index is 0.0854. The fourth-order valence-corrected chi connectivity index (χ4v) is 2.58. The number of carbonyl (C=O) groups is 1. The Morgan fingerprint density at radius 3 is 2.60 bits per heavy atom. The summed E-state index contributed by atoms with van der Waals surface area (Å²) >= 11 is 0. The first-order valence-electron chi connectivity index (χ1n) is 7.04. The SMILES string of the molecule is CCC1CCC(O)(CNc2cnc(C(=O)O)cn2)CC1. The third kappa shape index (κ3) is 3.66. The van der Waals surface area contributed by atoms with Crippen LogP contribution in [0.3, 0.4) is 0 Å². The van der Waals surface area contributed by atoms with Crippen LogP contribution in [-0.2, 0) is 0 Å². The molecule has 0 aromatic carbocycles. The molecular weight excluding hydrogens is 258 g/mol. The lowest BCUT2D eigenvalue weighted by Gasteiger charge is -2.35. The van der Waals surface area contributed by atoms with Crippen molar-refractivity contribution in [2.24, 2.45) is 5.92 Å². The second-order valence-corrected chi connectivity index (χ2v) is 5.52. The van der Waals surface area contributed by atoms with Crippen molar-refractivity contribution in [2.45, 2.75) is 44.6 Å². The van der Waals surface area contributed by atoms with E-state index in [1.807, 2.05) is 0 Å². The van der Waals surface area contributed by atoms with Gasteiger partial charge in [0.15, 0.2) is 5.69 Å². The van der Waals surface area contributed by atoms with Crippen molar-refractivity contribution in [2.75, 3.05) is 11.9 Å². The van der Waals surface area contributed by atoms with E-state index in [4.69, 9.17) is 5.11 Å². The molecule has 0 bridgehead atoms. The molecule has 1 saturated carbocycles. The average molecular weight is 279 g/mol. The molecule has 1 aliphatic carbocycles. The molecule has 0 aliphatic heterocycles. The van der Waals surface area contributed by atoms with E-state index in [0.29, 0.717) is 12.4 Å². The first-order valence-corrected chi connectivity index (χ1v) is 7.04. The molecule has 6 heteroatoms. The first kappa shape index (κ1) is 14.7. The van der Waals surface area contributed by atoms with Crippen LogP contribution >= 0.6 is 0 Å². The van der Waals surface area contributed by atoms with Crippen molar-refractivity contribution in [3.8, 4) is 0 Å².